The second-order valence-electron chi connectivity index (χ2n) is 5.21. The molecule has 1 aromatic rings. The topological polar surface area (TPSA) is 120 Å². The van der Waals surface area contributed by atoms with Crippen LogP contribution in [0.3, 0.4) is 0 Å². The zero-order valence-electron chi connectivity index (χ0n) is 13.0. The molecule has 0 aromatic carbocycles. The molecular formula is C15H17N5O4. The molecule has 2 heterocycles. The maximum atomic E-state index is 12.5. The Kier molecular flexibility index (Phi) is 4.93. The van der Waals surface area contributed by atoms with Gasteiger partial charge in [0.05, 0.1) is 5.69 Å². The number of hydrogen-bond acceptors (Lipinski definition) is 5. The molecule has 1 saturated heterocycles. The van der Waals surface area contributed by atoms with Crippen molar-refractivity contribution in [3.05, 3.63) is 42.7 Å². The number of urea groups is 2. The number of pyridine rings is 1. The summed E-state index contributed by atoms with van der Waals surface area (Å²) >= 11 is 0. The molecular weight excluding hydrogens is 314 g/mol. The highest BCUT2D eigenvalue weighted by Crippen LogP contribution is 2.26. The standard InChI is InChI=1S/C15H17N5O4/c1-3-7-17-13(23)18-11(21)9-20-12(22)15(2,19-14(20)24)10-6-4-5-8-16-10/h3-6,8H,1,7,9H2,2H3,(H,19,24)(H2,17,18,21,23). The van der Waals surface area contributed by atoms with Crippen molar-refractivity contribution in [1.29, 1.82) is 0 Å². The molecule has 9 nitrogen and oxygen atoms in total. The molecule has 3 N–H and O–H groups in total. The van der Waals surface area contributed by atoms with E-state index in [1.807, 2.05) is 5.32 Å². The summed E-state index contributed by atoms with van der Waals surface area (Å²) in [7, 11) is 0. The van der Waals surface area contributed by atoms with Crippen LogP contribution in [0, 0.1) is 0 Å². The van der Waals surface area contributed by atoms with E-state index < -0.39 is 36.0 Å². The highest BCUT2D eigenvalue weighted by atomic mass is 16.2. The van der Waals surface area contributed by atoms with Crippen LogP contribution >= 0.6 is 0 Å². The molecule has 1 atom stereocenters. The molecule has 1 aliphatic heterocycles. The van der Waals surface area contributed by atoms with Crippen molar-refractivity contribution in [2.24, 2.45) is 0 Å². The van der Waals surface area contributed by atoms with Crippen LogP contribution in [0.2, 0.25) is 0 Å². The molecule has 126 valence electrons. The second kappa shape index (κ2) is 6.90. The first-order valence-electron chi connectivity index (χ1n) is 7.12. The van der Waals surface area contributed by atoms with Gasteiger partial charge in [-0.15, -0.1) is 6.58 Å². The van der Waals surface area contributed by atoms with E-state index in [0.29, 0.717) is 5.69 Å². The lowest BCUT2D eigenvalue weighted by molar-refractivity contribution is -0.134. The van der Waals surface area contributed by atoms with Crippen molar-refractivity contribution in [2.45, 2.75) is 12.5 Å². The lowest BCUT2D eigenvalue weighted by Crippen LogP contribution is -2.47. The zero-order chi connectivity index (χ0) is 17.7. The number of rotatable bonds is 5. The maximum Gasteiger partial charge on any atom is 0.325 e. The first kappa shape index (κ1) is 17.1. The van der Waals surface area contributed by atoms with Gasteiger partial charge in [0.25, 0.3) is 5.91 Å². The van der Waals surface area contributed by atoms with Crippen molar-refractivity contribution in [2.75, 3.05) is 13.1 Å². The van der Waals surface area contributed by atoms with Gasteiger partial charge in [-0.05, 0) is 19.1 Å². The smallest absolute Gasteiger partial charge is 0.325 e. The Morgan fingerprint density at radius 3 is 2.79 bits per heavy atom. The molecule has 9 heteroatoms. The third kappa shape index (κ3) is 3.40. The number of carbonyl (C=O) groups excluding carboxylic acids is 4. The highest BCUT2D eigenvalue weighted by molar-refractivity contribution is 6.09. The summed E-state index contributed by atoms with van der Waals surface area (Å²) in [6.07, 6.45) is 2.94. The Hall–Kier alpha value is -3.23. The molecule has 0 spiro atoms. The average molecular weight is 331 g/mol. The van der Waals surface area contributed by atoms with Gasteiger partial charge >= 0.3 is 12.1 Å². The Balaban J connectivity index is 2.06. The Morgan fingerprint density at radius 1 is 1.42 bits per heavy atom. The van der Waals surface area contributed by atoms with Crippen LogP contribution in [-0.2, 0) is 15.1 Å². The van der Waals surface area contributed by atoms with Crippen molar-refractivity contribution >= 4 is 23.9 Å². The monoisotopic (exact) mass is 331 g/mol. The minimum Gasteiger partial charge on any atom is -0.334 e. The predicted molar refractivity (Wildman–Crippen MR) is 83.6 cm³/mol. The zero-order valence-corrected chi connectivity index (χ0v) is 13.0. The Morgan fingerprint density at radius 2 is 2.17 bits per heavy atom. The van der Waals surface area contributed by atoms with Gasteiger partial charge in [-0.3, -0.25) is 24.8 Å². The molecule has 2 rings (SSSR count). The molecule has 0 bridgehead atoms. The minimum atomic E-state index is -1.36. The number of imide groups is 2. The molecule has 1 aromatic heterocycles. The number of amides is 6. The summed E-state index contributed by atoms with van der Waals surface area (Å²) in [5.74, 6) is -1.40. The molecule has 1 aliphatic rings. The van der Waals surface area contributed by atoms with Crippen LogP contribution < -0.4 is 16.0 Å². The van der Waals surface area contributed by atoms with E-state index in [1.54, 1.807) is 18.2 Å². The van der Waals surface area contributed by atoms with Gasteiger partial charge in [-0.1, -0.05) is 12.1 Å². The summed E-state index contributed by atoms with van der Waals surface area (Å²) in [4.78, 5) is 52.6. The summed E-state index contributed by atoms with van der Waals surface area (Å²) in [5, 5.41) is 6.89. The van der Waals surface area contributed by atoms with Crippen LogP contribution in [0.4, 0.5) is 9.59 Å². The third-order valence-electron chi connectivity index (χ3n) is 3.41. The van der Waals surface area contributed by atoms with E-state index in [2.05, 4.69) is 22.2 Å². The first-order chi connectivity index (χ1) is 11.4. The minimum absolute atomic E-state index is 0.181. The van der Waals surface area contributed by atoms with E-state index in [0.717, 1.165) is 4.90 Å². The molecule has 24 heavy (non-hydrogen) atoms. The van der Waals surface area contributed by atoms with Gasteiger partial charge in [0.15, 0.2) is 5.54 Å². The fraction of sp³-hybridized carbons (Fsp3) is 0.267. The van der Waals surface area contributed by atoms with E-state index >= 15 is 0 Å². The lowest BCUT2D eigenvalue weighted by Gasteiger charge is -2.20. The van der Waals surface area contributed by atoms with Gasteiger partial charge < -0.3 is 10.6 Å². The summed E-state index contributed by atoms with van der Waals surface area (Å²) in [6, 6.07) is 3.51. The molecule has 0 radical (unpaired) electrons. The molecule has 1 fully saturated rings. The molecule has 1 unspecified atom stereocenters. The van der Waals surface area contributed by atoms with Crippen molar-refractivity contribution in [3.8, 4) is 0 Å². The molecule has 0 aliphatic carbocycles. The number of hydrogen-bond donors (Lipinski definition) is 3. The van der Waals surface area contributed by atoms with Gasteiger partial charge in [-0.25, -0.2) is 9.59 Å². The summed E-state index contributed by atoms with van der Waals surface area (Å²) in [6.45, 7) is 4.53. The van der Waals surface area contributed by atoms with Crippen molar-refractivity contribution in [1.82, 2.24) is 25.8 Å². The van der Waals surface area contributed by atoms with Crippen molar-refractivity contribution < 1.29 is 19.2 Å². The van der Waals surface area contributed by atoms with Gasteiger partial charge in [0.1, 0.15) is 6.54 Å². The number of aromatic nitrogens is 1. The third-order valence-corrected chi connectivity index (χ3v) is 3.41. The van der Waals surface area contributed by atoms with Gasteiger partial charge in [-0.2, -0.15) is 0 Å². The second-order valence-corrected chi connectivity index (χ2v) is 5.21. The van der Waals surface area contributed by atoms with Crippen LogP contribution in [0.15, 0.2) is 37.1 Å². The van der Waals surface area contributed by atoms with Crippen LogP contribution in [0.5, 0.6) is 0 Å². The van der Waals surface area contributed by atoms with E-state index in [-0.39, 0.29) is 6.54 Å². The SMILES string of the molecule is C=CCNC(=O)NC(=O)CN1C(=O)NC(C)(c2ccccn2)C1=O. The largest absolute Gasteiger partial charge is 0.334 e. The maximum absolute atomic E-state index is 12.5. The first-order valence-corrected chi connectivity index (χ1v) is 7.12. The highest BCUT2D eigenvalue weighted by Gasteiger charge is 2.50. The lowest BCUT2D eigenvalue weighted by atomic mass is 9.97. The van der Waals surface area contributed by atoms with Crippen molar-refractivity contribution in [3.63, 3.8) is 0 Å². The Labute approximate surface area is 138 Å². The number of nitrogens with zero attached hydrogens (tertiary/aromatic N) is 2. The van der Waals surface area contributed by atoms with E-state index in [4.69, 9.17) is 0 Å². The van der Waals surface area contributed by atoms with Gasteiger partial charge in [0, 0.05) is 12.7 Å². The van der Waals surface area contributed by atoms with Gasteiger partial charge in [0.2, 0.25) is 5.91 Å². The molecule has 6 amide bonds. The molecule has 0 saturated carbocycles. The predicted octanol–water partition coefficient (Wildman–Crippen LogP) is -0.140. The Bertz CT molecular complexity index is 690. The van der Waals surface area contributed by atoms with Crippen LogP contribution in [-0.4, -0.2) is 46.8 Å². The van der Waals surface area contributed by atoms with E-state index in [9.17, 15) is 19.2 Å². The van der Waals surface area contributed by atoms with Crippen LogP contribution in [0.1, 0.15) is 12.6 Å². The fourth-order valence-electron chi connectivity index (χ4n) is 2.19. The normalized spacial score (nSPS) is 19.6. The summed E-state index contributed by atoms with van der Waals surface area (Å²) < 4.78 is 0. The summed E-state index contributed by atoms with van der Waals surface area (Å²) in [5.41, 5.74) is -1.00. The van der Waals surface area contributed by atoms with Crippen LogP contribution in [0.25, 0.3) is 0 Å². The average Bonchev–Trinajstić information content (AvgIpc) is 2.78. The number of nitrogens with one attached hydrogen (secondary N) is 3. The number of carbonyl (C=O) groups is 4. The van der Waals surface area contributed by atoms with E-state index in [1.165, 1.54) is 19.2 Å². The quantitative estimate of drug-likeness (QED) is 0.512. The fourth-order valence-corrected chi connectivity index (χ4v) is 2.19.